The van der Waals surface area contributed by atoms with Crippen LogP contribution in [-0.4, -0.2) is 45.5 Å². The number of rotatable bonds is 7. The maximum Gasteiger partial charge on any atom is 0.231 e. The van der Waals surface area contributed by atoms with Gasteiger partial charge in [-0.05, 0) is 37.7 Å². The van der Waals surface area contributed by atoms with E-state index in [4.69, 9.17) is 14.2 Å². The molecule has 0 fully saturated rings. The molecule has 2 rings (SSSR count). The van der Waals surface area contributed by atoms with Crippen molar-refractivity contribution in [1.82, 2.24) is 10.2 Å². The van der Waals surface area contributed by atoms with Gasteiger partial charge in [0.1, 0.15) is 0 Å². The summed E-state index contributed by atoms with van der Waals surface area (Å²) in [5.41, 5.74) is 1.14. The highest BCUT2D eigenvalue weighted by molar-refractivity contribution is 5.55. The van der Waals surface area contributed by atoms with Crippen LogP contribution >= 0.6 is 0 Å². The molecule has 5 nitrogen and oxygen atoms in total. The fourth-order valence-electron chi connectivity index (χ4n) is 2.44. The first-order valence-corrected chi connectivity index (χ1v) is 7.36. The van der Waals surface area contributed by atoms with E-state index < -0.39 is 0 Å². The zero-order valence-electron chi connectivity index (χ0n) is 13.6. The van der Waals surface area contributed by atoms with Crippen LogP contribution in [-0.2, 0) is 6.54 Å². The predicted molar refractivity (Wildman–Crippen MR) is 83.1 cm³/mol. The third kappa shape index (κ3) is 4.02. The summed E-state index contributed by atoms with van der Waals surface area (Å²) in [5.74, 6) is 2.77. The lowest BCUT2D eigenvalue weighted by Crippen LogP contribution is -2.41. The lowest BCUT2D eigenvalue weighted by Gasteiger charge is -2.26. The maximum atomic E-state index is 5.46. The predicted octanol–water partition coefficient (Wildman–Crippen LogP) is 2.10. The van der Waals surface area contributed by atoms with Crippen LogP contribution in [0.25, 0.3) is 0 Å². The first kappa shape index (κ1) is 15.9. The minimum absolute atomic E-state index is 0.262. The van der Waals surface area contributed by atoms with Gasteiger partial charge in [-0.3, -0.25) is 0 Å². The molecule has 1 N–H and O–H groups in total. The van der Waals surface area contributed by atoms with Crippen LogP contribution in [0.4, 0.5) is 0 Å². The first-order chi connectivity index (χ1) is 10.0. The molecular formula is C16H26N2O3. The summed E-state index contributed by atoms with van der Waals surface area (Å²) in [6.07, 6.45) is 0. The van der Waals surface area contributed by atoms with Crippen molar-refractivity contribution < 1.29 is 14.2 Å². The van der Waals surface area contributed by atoms with Crippen LogP contribution in [0.5, 0.6) is 17.2 Å². The Morgan fingerprint density at radius 1 is 1.29 bits per heavy atom. The highest BCUT2D eigenvalue weighted by atomic mass is 16.7. The molecule has 0 saturated carbocycles. The molecule has 0 bridgehead atoms. The van der Waals surface area contributed by atoms with Crippen molar-refractivity contribution in [2.75, 3.05) is 34.5 Å². The number of ether oxygens (including phenoxy) is 3. The van der Waals surface area contributed by atoms with Gasteiger partial charge in [-0.25, -0.2) is 0 Å². The smallest absolute Gasteiger partial charge is 0.231 e. The van der Waals surface area contributed by atoms with E-state index in [0.29, 0.717) is 17.7 Å². The second-order valence-corrected chi connectivity index (χ2v) is 6.03. The van der Waals surface area contributed by atoms with Gasteiger partial charge in [0.25, 0.3) is 0 Å². The van der Waals surface area contributed by atoms with Crippen LogP contribution in [0.2, 0.25) is 0 Å². The second-order valence-electron chi connectivity index (χ2n) is 6.03. The minimum atomic E-state index is 0.262. The van der Waals surface area contributed by atoms with Crippen LogP contribution < -0.4 is 19.5 Å². The number of hydrogen-bond donors (Lipinski definition) is 1. The summed E-state index contributed by atoms with van der Waals surface area (Å²) in [4.78, 5) is 2.21. The standard InChI is InChI=1S/C16H26N2O3/c1-11(2)13(9-18(3)4)17-8-12-6-14(19-5)16-15(7-12)20-10-21-16/h6-7,11,13,17H,8-10H2,1-5H3. The van der Waals surface area contributed by atoms with E-state index in [1.165, 1.54) is 0 Å². The summed E-state index contributed by atoms with van der Waals surface area (Å²) in [6.45, 7) is 6.53. The number of hydrogen-bond acceptors (Lipinski definition) is 5. The lowest BCUT2D eigenvalue weighted by molar-refractivity contribution is 0.171. The topological polar surface area (TPSA) is 43.0 Å². The van der Waals surface area contributed by atoms with Crippen molar-refractivity contribution in [1.29, 1.82) is 0 Å². The van der Waals surface area contributed by atoms with Gasteiger partial charge in [0.2, 0.25) is 12.5 Å². The molecule has 1 aromatic carbocycles. The molecule has 1 unspecified atom stereocenters. The minimum Gasteiger partial charge on any atom is -0.493 e. The number of methoxy groups -OCH3 is 1. The number of fused-ring (bicyclic) bond motifs is 1. The van der Waals surface area contributed by atoms with Gasteiger partial charge in [-0.15, -0.1) is 0 Å². The third-order valence-corrected chi connectivity index (χ3v) is 3.65. The molecule has 5 heteroatoms. The van der Waals surface area contributed by atoms with Crippen LogP contribution in [0.3, 0.4) is 0 Å². The third-order valence-electron chi connectivity index (χ3n) is 3.65. The Kier molecular flexibility index (Phi) is 5.31. The highest BCUT2D eigenvalue weighted by Crippen LogP contribution is 2.41. The number of benzene rings is 1. The zero-order chi connectivity index (χ0) is 15.4. The lowest BCUT2D eigenvalue weighted by atomic mass is 10.0. The SMILES string of the molecule is COc1cc(CNC(CN(C)C)C(C)C)cc2c1OCO2. The molecule has 21 heavy (non-hydrogen) atoms. The quantitative estimate of drug-likeness (QED) is 0.834. The van der Waals surface area contributed by atoms with Crippen LogP contribution in [0.1, 0.15) is 19.4 Å². The molecule has 0 spiro atoms. The average Bonchev–Trinajstić information content (AvgIpc) is 2.90. The molecular weight excluding hydrogens is 268 g/mol. The number of nitrogens with zero attached hydrogens (tertiary/aromatic N) is 1. The molecule has 0 aromatic heterocycles. The van der Waals surface area contributed by atoms with Gasteiger partial charge < -0.3 is 24.4 Å². The molecule has 118 valence electrons. The van der Waals surface area contributed by atoms with Crippen molar-refractivity contribution in [2.24, 2.45) is 5.92 Å². The molecule has 0 radical (unpaired) electrons. The van der Waals surface area contributed by atoms with E-state index in [-0.39, 0.29) is 6.79 Å². The summed E-state index contributed by atoms with van der Waals surface area (Å²) in [6, 6.07) is 4.47. The molecule has 1 atom stereocenters. The van der Waals surface area contributed by atoms with Gasteiger partial charge in [0, 0.05) is 19.1 Å². The summed E-state index contributed by atoms with van der Waals surface area (Å²) >= 11 is 0. The first-order valence-electron chi connectivity index (χ1n) is 7.36. The van der Waals surface area contributed by atoms with E-state index in [9.17, 15) is 0 Å². The van der Waals surface area contributed by atoms with Crippen molar-refractivity contribution in [3.63, 3.8) is 0 Å². The van der Waals surface area contributed by atoms with E-state index in [2.05, 4.69) is 38.2 Å². The van der Waals surface area contributed by atoms with E-state index in [1.54, 1.807) is 7.11 Å². The fourth-order valence-corrected chi connectivity index (χ4v) is 2.44. The fraction of sp³-hybridized carbons (Fsp3) is 0.625. The van der Waals surface area contributed by atoms with Crippen molar-refractivity contribution >= 4 is 0 Å². The molecule has 1 aliphatic rings. The monoisotopic (exact) mass is 294 g/mol. The van der Waals surface area contributed by atoms with Crippen LogP contribution in [0.15, 0.2) is 12.1 Å². The van der Waals surface area contributed by atoms with Crippen molar-refractivity contribution in [2.45, 2.75) is 26.4 Å². The van der Waals surface area contributed by atoms with Gasteiger partial charge >= 0.3 is 0 Å². The van der Waals surface area contributed by atoms with Gasteiger partial charge in [0.15, 0.2) is 11.5 Å². The molecule has 0 aliphatic carbocycles. The maximum absolute atomic E-state index is 5.46. The van der Waals surface area contributed by atoms with Gasteiger partial charge in [-0.2, -0.15) is 0 Å². The largest absolute Gasteiger partial charge is 0.493 e. The van der Waals surface area contributed by atoms with E-state index in [1.807, 2.05) is 12.1 Å². The highest BCUT2D eigenvalue weighted by Gasteiger charge is 2.21. The molecule has 0 amide bonds. The molecule has 1 heterocycles. The Morgan fingerprint density at radius 3 is 2.67 bits per heavy atom. The number of likely N-dealkylation sites (N-methyl/N-ethyl adjacent to an activating group) is 1. The Bertz CT molecular complexity index is 475. The Hall–Kier alpha value is -1.46. The van der Waals surface area contributed by atoms with E-state index in [0.717, 1.165) is 30.2 Å². The summed E-state index contributed by atoms with van der Waals surface area (Å²) in [7, 11) is 5.85. The Labute approximate surface area is 127 Å². The molecule has 1 aliphatic heterocycles. The zero-order valence-corrected chi connectivity index (χ0v) is 13.6. The Balaban J connectivity index is 2.05. The average molecular weight is 294 g/mol. The summed E-state index contributed by atoms with van der Waals surface area (Å²) < 4.78 is 16.3. The van der Waals surface area contributed by atoms with Crippen molar-refractivity contribution in [3.8, 4) is 17.2 Å². The van der Waals surface area contributed by atoms with Crippen molar-refractivity contribution in [3.05, 3.63) is 17.7 Å². The Morgan fingerprint density at radius 2 is 2.05 bits per heavy atom. The van der Waals surface area contributed by atoms with Gasteiger partial charge in [-0.1, -0.05) is 13.8 Å². The van der Waals surface area contributed by atoms with Gasteiger partial charge in [0.05, 0.1) is 7.11 Å². The second kappa shape index (κ2) is 7.00. The normalized spacial score (nSPS) is 14.8. The number of nitrogens with one attached hydrogen (secondary N) is 1. The molecule has 1 aromatic rings. The van der Waals surface area contributed by atoms with Crippen LogP contribution in [0, 0.1) is 5.92 Å². The summed E-state index contributed by atoms with van der Waals surface area (Å²) in [5, 5.41) is 3.62. The molecule has 0 saturated heterocycles. The van der Waals surface area contributed by atoms with E-state index >= 15 is 0 Å².